The van der Waals surface area contributed by atoms with Gasteiger partial charge in [-0.05, 0) is 68.0 Å². The molecule has 2 aromatic rings. The molecule has 3 atom stereocenters. The molecule has 1 saturated carbocycles. The second-order valence-corrected chi connectivity index (χ2v) is 7.64. The number of ether oxygens (including phenoxy) is 1. The number of aromatic hydroxyl groups is 1. The lowest BCUT2D eigenvalue weighted by Gasteiger charge is -2.19. The number of likely N-dealkylation sites (tertiary alicyclic amines) is 1. The highest BCUT2D eigenvalue weighted by Gasteiger charge is 2.42. The zero-order chi connectivity index (χ0) is 19.0. The second-order valence-electron chi connectivity index (χ2n) is 7.64. The van der Waals surface area contributed by atoms with Crippen LogP contribution in [0.4, 0.5) is 4.39 Å². The fourth-order valence-electron chi connectivity index (χ4n) is 4.29. The highest BCUT2D eigenvalue weighted by molar-refractivity contribution is 5.97. The van der Waals surface area contributed by atoms with Crippen LogP contribution in [0.3, 0.4) is 0 Å². The van der Waals surface area contributed by atoms with Gasteiger partial charge in [0.2, 0.25) is 0 Å². The summed E-state index contributed by atoms with van der Waals surface area (Å²) in [5.74, 6) is 0.857. The Kier molecular flexibility index (Phi) is 4.83. The number of pyridine rings is 1. The number of Topliss-reactive ketones (excluding diaryl/α,β-unsaturated/α-hetero) is 1. The van der Waals surface area contributed by atoms with E-state index in [2.05, 4.69) is 9.88 Å². The molecular formula is C21H23FN2O3. The molecule has 1 unspecified atom stereocenters. The molecule has 27 heavy (non-hydrogen) atoms. The predicted molar refractivity (Wildman–Crippen MR) is 98.4 cm³/mol. The Morgan fingerprint density at radius 3 is 2.48 bits per heavy atom. The number of phenols is 1. The largest absolute Gasteiger partial charge is 0.508 e. The summed E-state index contributed by atoms with van der Waals surface area (Å²) < 4.78 is 19.7. The van der Waals surface area contributed by atoms with E-state index >= 15 is 0 Å². The molecule has 0 amide bonds. The number of benzene rings is 1. The summed E-state index contributed by atoms with van der Waals surface area (Å²) in [6.45, 7) is 3.87. The molecule has 1 aliphatic carbocycles. The molecule has 2 aliphatic rings. The Hall–Kier alpha value is -2.47. The van der Waals surface area contributed by atoms with Gasteiger partial charge in [-0.2, -0.15) is 4.39 Å². The first kappa shape index (κ1) is 17.9. The normalized spacial score (nSPS) is 24.7. The van der Waals surface area contributed by atoms with Crippen LogP contribution in [0.5, 0.6) is 11.5 Å². The Bertz CT molecular complexity index is 826. The SMILES string of the molecule is Cc1ccc(OC2C[C@@H]3CN(CC(=O)c4ccc(O)cc4)C[C@@H]3C2)c(F)n1. The second kappa shape index (κ2) is 7.27. The minimum absolute atomic E-state index is 0.00829. The first-order valence-corrected chi connectivity index (χ1v) is 9.32. The monoisotopic (exact) mass is 370 g/mol. The maximum Gasteiger partial charge on any atom is 0.255 e. The molecule has 1 aliphatic heterocycles. The molecule has 0 radical (unpaired) electrons. The minimum Gasteiger partial charge on any atom is -0.508 e. The summed E-state index contributed by atoms with van der Waals surface area (Å²) >= 11 is 0. The molecule has 5 nitrogen and oxygen atoms in total. The van der Waals surface area contributed by atoms with Gasteiger partial charge in [0.05, 0.1) is 12.6 Å². The van der Waals surface area contributed by atoms with Gasteiger partial charge in [-0.3, -0.25) is 9.69 Å². The van der Waals surface area contributed by atoms with Gasteiger partial charge in [-0.25, -0.2) is 4.98 Å². The predicted octanol–water partition coefficient (Wildman–Crippen LogP) is 3.21. The quantitative estimate of drug-likeness (QED) is 0.647. The van der Waals surface area contributed by atoms with Gasteiger partial charge < -0.3 is 9.84 Å². The summed E-state index contributed by atoms with van der Waals surface area (Å²) in [7, 11) is 0. The maximum absolute atomic E-state index is 13.9. The molecule has 0 bridgehead atoms. The van der Waals surface area contributed by atoms with E-state index in [9.17, 15) is 14.3 Å². The fourth-order valence-corrected chi connectivity index (χ4v) is 4.29. The van der Waals surface area contributed by atoms with Crippen LogP contribution in [0.2, 0.25) is 0 Å². The number of aromatic nitrogens is 1. The fraction of sp³-hybridized carbons (Fsp3) is 0.429. The van der Waals surface area contributed by atoms with Crippen molar-refractivity contribution >= 4 is 5.78 Å². The van der Waals surface area contributed by atoms with E-state index < -0.39 is 5.95 Å². The lowest BCUT2D eigenvalue weighted by atomic mass is 10.0. The first-order chi connectivity index (χ1) is 13.0. The number of hydrogen-bond donors (Lipinski definition) is 1. The van der Waals surface area contributed by atoms with Crippen molar-refractivity contribution in [3.05, 3.63) is 53.6 Å². The zero-order valence-corrected chi connectivity index (χ0v) is 15.3. The number of fused-ring (bicyclic) bond motifs is 1. The van der Waals surface area contributed by atoms with Gasteiger partial charge >= 0.3 is 0 Å². The summed E-state index contributed by atoms with van der Waals surface area (Å²) in [5.41, 5.74) is 1.26. The first-order valence-electron chi connectivity index (χ1n) is 9.32. The third-order valence-electron chi connectivity index (χ3n) is 5.59. The van der Waals surface area contributed by atoms with Crippen molar-refractivity contribution < 1.29 is 19.0 Å². The summed E-state index contributed by atoms with van der Waals surface area (Å²) in [4.78, 5) is 18.4. The van der Waals surface area contributed by atoms with E-state index in [0.29, 0.717) is 29.6 Å². The number of carbonyl (C=O) groups excluding carboxylic acids is 1. The molecule has 2 fully saturated rings. The molecule has 2 heterocycles. The van der Waals surface area contributed by atoms with Gasteiger partial charge in [0.1, 0.15) is 5.75 Å². The highest BCUT2D eigenvalue weighted by atomic mass is 19.1. The number of hydrogen-bond acceptors (Lipinski definition) is 5. The van der Waals surface area contributed by atoms with Crippen molar-refractivity contribution in [2.75, 3.05) is 19.6 Å². The Balaban J connectivity index is 1.30. The van der Waals surface area contributed by atoms with Crippen molar-refractivity contribution in [3.63, 3.8) is 0 Å². The Labute approximate surface area is 157 Å². The number of aryl methyl sites for hydroxylation is 1. The molecular weight excluding hydrogens is 347 g/mol. The van der Waals surface area contributed by atoms with Crippen molar-refractivity contribution in [1.29, 1.82) is 0 Å². The summed E-state index contributed by atoms with van der Waals surface area (Å²) in [6.07, 6.45) is 1.76. The average Bonchev–Trinajstić information content (AvgIpc) is 3.15. The van der Waals surface area contributed by atoms with Crippen LogP contribution in [-0.4, -0.2) is 46.5 Å². The van der Waals surface area contributed by atoms with Gasteiger partial charge in [-0.15, -0.1) is 0 Å². The Morgan fingerprint density at radius 2 is 1.85 bits per heavy atom. The minimum atomic E-state index is -0.548. The van der Waals surface area contributed by atoms with Gasteiger partial charge in [0.15, 0.2) is 11.5 Å². The van der Waals surface area contributed by atoms with Crippen LogP contribution in [-0.2, 0) is 0 Å². The van der Waals surface area contributed by atoms with E-state index in [0.717, 1.165) is 25.9 Å². The third kappa shape index (κ3) is 3.95. The number of halogens is 1. The van der Waals surface area contributed by atoms with Crippen molar-refractivity contribution in [2.24, 2.45) is 11.8 Å². The lowest BCUT2D eigenvalue weighted by molar-refractivity contribution is 0.0936. The molecule has 1 saturated heterocycles. The van der Waals surface area contributed by atoms with Crippen molar-refractivity contribution in [3.8, 4) is 11.5 Å². The molecule has 6 heteroatoms. The highest BCUT2D eigenvalue weighted by Crippen LogP contribution is 2.40. The van der Waals surface area contributed by atoms with E-state index in [1.807, 2.05) is 0 Å². The number of phenolic OH excluding ortho intramolecular Hbond substituents is 1. The summed E-state index contributed by atoms with van der Waals surface area (Å²) in [6, 6.07) is 9.78. The summed E-state index contributed by atoms with van der Waals surface area (Å²) in [5, 5.41) is 9.33. The van der Waals surface area contributed by atoms with Gasteiger partial charge in [-0.1, -0.05) is 0 Å². The third-order valence-corrected chi connectivity index (χ3v) is 5.59. The zero-order valence-electron chi connectivity index (χ0n) is 15.3. The molecule has 0 spiro atoms. The number of carbonyl (C=O) groups is 1. The molecule has 142 valence electrons. The maximum atomic E-state index is 13.9. The van der Waals surface area contributed by atoms with E-state index in [4.69, 9.17) is 4.74 Å². The van der Waals surface area contributed by atoms with Gasteiger partial charge in [0, 0.05) is 24.3 Å². The van der Waals surface area contributed by atoms with E-state index in [-0.39, 0.29) is 23.4 Å². The van der Waals surface area contributed by atoms with Crippen LogP contribution in [0, 0.1) is 24.7 Å². The molecule has 1 aromatic heterocycles. The molecule has 1 aromatic carbocycles. The molecule has 1 N–H and O–H groups in total. The smallest absolute Gasteiger partial charge is 0.255 e. The van der Waals surface area contributed by atoms with Crippen LogP contribution in [0.25, 0.3) is 0 Å². The van der Waals surface area contributed by atoms with Crippen molar-refractivity contribution in [1.82, 2.24) is 9.88 Å². The van der Waals surface area contributed by atoms with Crippen LogP contribution in [0.1, 0.15) is 28.9 Å². The molecule has 4 rings (SSSR count). The Morgan fingerprint density at radius 1 is 1.19 bits per heavy atom. The average molecular weight is 370 g/mol. The van der Waals surface area contributed by atoms with E-state index in [1.54, 1.807) is 31.2 Å². The lowest BCUT2D eigenvalue weighted by Crippen LogP contribution is -2.30. The number of rotatable bonds is 5. The van der Waals surface area contributed by atoms with Crippen molar-refractivity contribution in [2.45, 2.75) is 25.9 Å². The number of nitrogens with zero attached hydrogens (tertiary/aromatic N) is 2. The van der Waals surface area contributed by atoms with Crippen LogP contribution in [0.15, 0.2) is 36.4 Å². The van der Waals surface area contributed by atoms with Gasteiger partial charge in [0.25, 0.3) is 5.95 Å². The number of ketones is 1. The van der Waals surface area contributed by atoms with E-state index in [1.165, 1.54) is 12.1 Å². The standard InChI is InChI=1S/C21H23FN2O3/c1-13-2-7-20(21(22)23-13)27-18-8-15-10-24(11-16(15)9-18)12-19(26)14-3-5-17(25)6-4-14/h2-7,15-16,18,25H,8-12H2,1H3/t15-,16+,18?. The van der Waals surface area contributed by atoms with Crippen LogP contribution < -0.4 is 4.74 Å². The van der Waals surface area contributed by atoms with Crippen LogP contribution >= 0.6 is 0 Å². The topological polar surface area (TPSA) is 62.7 Å².